The number of anilines is 1. The fraction of sp³-hybridized carbons (Fsp3) is 0.462. The zero-order valence-electron chi connectivity index (χ0n) is 11.1. The molecule has 2 aromatic rings. The topological polar surface area (TPSA) is 72.1 Å². The molecule has 1 aliphatic heterocycles. The Morgan fingerprint density at radius 1 is 1.60 bits per heavy atom. The van der Waals surface area contributed by atoms with E-state index in [-0.39, 0.29) is 17.1 Å². The van der Waals surface area contributed by atoms with Crippen LogP contribution in [0.1, 0.15) is 18.2 Å². The van der Waals surface area contributed by atoms with Crippen molar-refractivity contribution in [3.8, 4) is 0 Å². The minimum atomic E-state index is -0.247. The lowest BCUT2D eigenvalue weighted by Crippen LogP contribution is -2.27. The van der Waals surface area contributed by atoms with Crippen molar-refractivity contribution in [2.75, 3.05) is 18.0 Å². The molecule has 1 aliphatic rings. The van der Waals surface area contributed by atoms with Crippen molar-refractivity contribution in [1.82, 2.24) is 9.97 Å². The highest BCUT2D eigenvalue weighted by Gasteiger charge is 2.29. The van der Waals surface area contributed by atoms with E-state index in [0.29, 0.717) is 6.54 Å². The quantitative estimate of drug-likeness (QED) is 0.882. The molecule has 0 saturated carbocycles. The summed E-state index contributed by atoms with van der Waals surface area (Å²) in [6.07, 6.45) is 1.73. The van der Waals surface area contributed by atoms with Gasteiger partial charge in [-0.15, -0.1) is 11.3 Å². The summed E-state index contributed by atoms with van der Waals surface area (Å²) in [5.41, 5.74) is 5.38. The molecule has 1 saturated heterocycles. The molecule has 1 unspecified atom stereocenters. The molecule has 0 aliphatic carbocycles. The van der Waals surface area contributed by atoms with Crippen molar-refractivity contribution in [1.29, 1.82) is 0 Å². The van der Waals surface area contributed by atoms with Crippen molar-refractivity contribution in [3.63, 3.8) is 0 Å². The second-order valence-electron chi connectivity index (χ2n) is 4.94. The van der Waals surface area contributed by atoms with Gasteiger partial charge in [-0.1, -0.05) is 6.92 Å². The SMILES string of the molecule is CCc1cc2c(N3CCC(C(N)=O)C3)nc(Cl)nc2s1. The van der Waals surface area contributed by atoms with Crippen LogP contribution in [0, 0.1) is 5.92 Å². The van der Waals surface area contributed by atoms with Crippen LogP contribution in [0.25, 0.3) is 10.2 Å². The predicted octanol–water partition coefficient (Wildman–Crippen LogP) is 2.22. The van der Waals surface area contributed by atoms with E-state index < -0.39 is 0 Å². The number of nitrogens with two attached hydrogens (primary N) is 1. The number of hydrogen-bond donors (Lipinski definition) is 1. The van der Waals surface area contributed by atoms with Crippen LogP contribution in [-0.2, 0) is 11.2 Å². The average Bonchev–Trinajstić information content (AvgIpc) is 3.03. The van der Waals surface area contributed by atoms with Gasteiger partial charge in [-0.2, -0.15) is 4.98 Å². The van der Waals surface area contributed by atoms with Gasteiger partial charge in [-0.3, -0.25) is 4.79 Å². The highest BCUT2D eigenvalue weighted by molar-refractivity contribution is 7.18. The summed E-state index contributed by atoms with van der Waals surface area (Å²) in [6.45, 7) is 3.49. The third kappa shape index (κ3) is 2.33. The largest absolute Gasteiger partial charge is 0.369 e. The van der Waals surface area contributed by atoms with E-state index in [9.17, 15) is 4.79 Å². The van der Waals surface area contributed by atoms with Crippen molar-refractivity contribution in [2.24, 2.45) is 11.7 Å². The zero-order chi connectivity index (χ0) is 14.3. The zero-order valence-corrected chi connectivity index (χ0v) is 12.7. The maximum Gasteiger partial charge on any atom is 0.225 e. The molecule has 1 amide bonds. The van der Waals surface area contributed by atoms with Gasteiger partial charge in [0.1, 0.15) is 10.6 Å². The van der Waals surface area contributed by atoms with Crippen molar-refractivity contribution in [3.05, 3.63) is 16.2 Å². The van der Waals surface area contributed by atoms with Gasteiger partial charge in [-0.25, -0.2) is 4.98 Å². The highest BCUT2D eigenvalue weighted by Crippen LogP contribution is 2.34. The van der Waals surface area contributed by atoms with Crippen LogP contribution in [0.2, 0.25) is 5.28 Å². The molecule has 0 aromatic carbocycles. The van der Waals surface area contributed by atoms with E-state index in [1.807, 2.05) is 0 Å². The molecule has 106 valence electrons. The first-order valence-electron chi connectivity index (χ1n) is 6.58. The Balaban J connectivity index is 2.02. The number of carbonyl (C=O) groups excluding carboxylic acids is 1. The summed E-state index contributed by atoms with van der Waals surface area (Å²) in [5.74, 6) is 0.464. The Bertz CT molecular complexity index is 672. The van der Waals surface area contributed by atoms with Gasteiger partial charge in [0, 0.05) is 18.0 Å². The fourth-order valence-electron chi connectivity index (χ4n) is 2.53. The van der Waals surface area contributed by atoms with Crippen molar-refractivity contribution < 1.29 is 4.79 Å². The molecule has 5 nitrogen and oxygen atoms in total. The number of thiophene rings is 1. The Labute approximate surface area is 125 Å². The third-order valence-corrected chi connectivity index (χ3v) is 4.98. The van der Waals surface area contributed by atoms with E-state index in [4.69, 9.17) is 17.3 Å². The van der Waals surface area contributed by atoms with E-state index in [1.165, 1.54) is 4.88 Å². The van der Waals surface area contributed by atoms with Gasteiger partial charge in [0.05, 0.1) is 11.3 Å². The maximum absolute atomic E-state index is 11.3. The third-order valence-electron chi connectivity index (χ3n) is 3.63. The highest BCUT2D eigenvalue weighted by atomic mass is 35.5. The number of rotatable bonds is 3. The first-order chi connectivity index (χ1) is 9.58. The number of nitrogens with zero attached hydrogens (tertiary/aromatic N) is 3. The number of primary amides is 1. The van der Waals surface area contributed by atoms with Gasteiger partial charge in [-0.05, 0) is 30.5 Å². The number of hydrogen-bond acceptors (Lipinski definition) is 5. The molecule has 20 heavy (non-hydrogen) atoms. The Morgan fingerprint density at radius 2 is 2.40 bits per heavy atom. The average molecular weight is 311 g/mol. The second kappa shape index (κ2) is 5.18. The van der Waals surface area contributed by atoms with Gasteiger partial charge >= 0.3 is 0 Å². The lowest BCUT2D eigenvalue weighted by Gasteiger charge is -2.17. The summed E-state index contributed by atoms with van der Waals surface area (Å²) in [4.78, 5) is 24.2. The van der Waals surface area contributed by atoms with E-state index >= 15 is 0 Å². The standard InChI is InChI=1S/C13H15ClN4OS/c1-2-8-5-9-11(16-13(14)17-12(9)20-8)18-4-3-7(6-18)10(15)19/h5,7H,2-4,6H2,1H3,(H2,15,19). The number of fused-ring (bicyclic) bond motifs is 1. The van der Waals surface area contributed by atoms with Gasteiger partial charge < -0.3 is 10.6 Å². The Kier molecular flexibility index (Phi) is 3.52. The van der Waals surface area contributed by atoms with Crippen LogP contribution in [0.5, 0.6) is 0 Å². The molecule has 1 fully saturated rings. The van der Waals surface area contributed by atoms with Crippen LogP contribution >= 0.6 is 22.9 Å². The minimum Gasteiger partial charge on any atom is -0.369 e. The molecule has 3 rings (SSSR count). The number of halogens is 1. The van der Waals surface area contributed by atoms with E-state index in [2.05, 4.69) is 27.9 Å². The maximum atomic E-state index is 11.3. The smallest absolute Gasteiger partial charge is 0.225 e. The molecular weight excluding hydrogens is 296 g/mol. The fourth-order valence-corrected chi connectivity index (χ4v) is 3.71. The minimum absolute atomic E-state index is 0.108. The van der Waals surface area contributed by atoms with Crippen LogP contribution in [-0.4, -0.2) is 29.0 Å². The molecule has 2 aromatic heterocycles. The Morgan fingerprint density at radius 3 is 3.05 bits per heavy atom. The van der Waals surface area contributed by atoms with Crippen LogP contribution < -0.4 is 10.6 Å². The molecule has 1 atom stereocenters. The summed E-state index contributed by atoms with van der Waals surface area (Å²) < 4.78 is 0. The van der Waals surface area contributed by atoms with Gasteiger partial charge in [0.25, 0.3) is 0 Å². The predicted molar refractivity (Wildman–Crippen MR) is 81.3 cm³/mol. The molecule has 3 heterocycles. The van der Waals surface area contributed by atoms with Crippen molar-refractivity contribution in [2.45, 2.75) is 19.8 Å². The normalized spacial score (nSPS) is 18.9. The molecule has 2 N–H and O–H groups in total. The first kappa shape index (κ1) is 13.6. The summed E-state index contributed by atoms with van der Waals surface area (Å²) >= 11 is 7.66. The van der Waals surface area contributed by atoms with Crippen LogP contribution in [0.3, 0.4) is 0 Å². The van der Waals surface area contributed by atoms with Gasteiger partial charge in [0.2, 0.25) is 11.2 Å². The number of amides is 1. The summed E-state index contributed by atoms with van der Waals surface area (Å²) in [5, 5.41) is 1.26. The number of aryl methyl sites for hydroxylation is 1. The lowest BCUT2D eigenvalue weighted by atomic mass is 10.1. The van der Waals surface area contributed by atoms with E-state index in [1.54, 1.807) is 11.3 Å². The molecular formula is C13H15ClN4OS. The molecule has 0 bridgehead atoms. The molecule has 0 radical (unpaired) electrons. The number of aromatic nitrogens is 2. The second-order valence-corrected chi connectivity index (χ2v) is 6.39. The van der Waals surface area contributed by atoms with Crippen LogP contribution in [0.15, 0.2) is 6.07 Å². The van der Waals surface area contributed by atoms with Crippen LogP contribution in [0.4, 0.5) is 5.82 Å². The monoisotopic (exact) mass is 310 g/mol. The Hall–Kier alpha value is -1.40. The van der Waals surface area contributed by atoms with Gasteiger partial charge in [0.15, 0.2) is 0 Å². The molecule has 7 heteroatoms. The summed E-state index contributed by atoms with van der Waals surface area (Å²) in [7, 11) is 0. The first-order valence-corrected chi connectivity index (χ1v) is 7.78. The lowest BCUT2D eigenvalue weighted by molar-refractivity contribution is -0.121. The van der Waals surface area contributed by atoms with E-state index in [0.717, 1.165) is 35.4 Å². The number of carbonyl (C=O) groups is 1. The van der Waals surface area contributed by atoms with Crippen molar-refractivity contribution >= 4 is 44.9 Å². The molecule has 0 spiro atoms. The summed E-state index contributed by atoms with van der Waals surface area (Å²) in [6, 6.07) is 2.11.